The molecule has 14 heavy (non-hydrogen) atoms. The largest absolute Gasteiger partial charge is 0.171 e. The van der Waals surface area contributed by atoms with Gasteiger partial charge in [0.05, 0.1) is 0 Å². The van der Waals surface area contributed by atoms with Crippen molar-refractivity contribution in [2.24, 2.45) is 0 Å². The normalized spacial score (nSPS) is 10.7. The van der Waals surface area contributed by atoms with E-state index >= 15 is 0 Å². The van der Waals surface area contributed by atoms with Crippen molar-refractivity contribution in [2.75, 3.05) is 0 Å². The third-order valence-corrected chi connectivity index (χ3v) is 3.73. The molecular weight excluding hydrogens is 208 g/mol. The summed E-state index contributed by atoms with van der Waals surface area (Å²) >= 11 is 5.64. The summed E-state index contributed by atoms with van der Waals surface area (Å²) in [6.07, 6.45) is 14.2. The van der Waals surface area contributed by atoms with Crippen LogP contribution < -0.4 is 0 Å². The van der Waals surface area contributed by atoms with E-state index in [0.29, 0.717) is 8.83 Å². The van der Waals surface area contributed by atoms with Gasteiger partial charge in [0.15, 0.2) is 8.83 Å². The van der Waals surface area contributed by atoms with Crippen molar-refractivity contribution in [3.63, 3.8) is 0 Å². The number of halogens is 1. The van der Waals surface area contributed by atoms with Gasteiger partial charge in [-0.15, -0.1) is 0 Å². The van der Waals surface area contributed by atoms with Gasteiger partial charge in [0.1, 0.15) is 0 Å². The lowest BCUT2D eigenvalue weighted by atomic mass is 10.1. The van der Waals surface area contributed by atoms with Gasteiger partial charge < -0.3 is 0 Å². The van der Waals surface area contributed by atoms with Gasteiger partial charge in [-0.3, -0.25) is 0 Å². The van der Waals surface area contributed by atoms with Gasteiger partial charge in [0.25, 0.3) is 0 Å². The summed E-state index contributed by atoms with van der Waals surface area (Å²) in [5.41, 5.74) is 0. The van der Waals surface area contributed by atoms with E-state index in [0.717, 1.165) is 0 Å². The fourth-order valence-electron chi connectivity index (χ4n) is 1.68. The summed E-state index contributed by atoms with van der Waals surface area (Å²) in [4.78, 5) is 0. The summed E-state index contributed by atoms with van der Waals surface area (Å²) in [5, 5.41) is 0. The number of rotatable bonds is 11. The Bertz CT molecular complexity index is 84.3. The molecule has 0 bridgehead atoms. The van der Waals surface area contributed by atoms with Gasteiger partial charge in [-0.05, 0) is 6.04 Å². The highest BCUT2D eigenvalue weighted by molar-refractivity contribution is 6.93. The highest BCUT2D eigenvalue weighted by Crippen LogP contribution is 2.11. The molecule has 0 nitrogen and oxygen atoms in total. The molecule has 0 aromatic carbocycles. The maximum atomic E-state index is 5.64. The van der Waals surface area contributed by atoms with Crippen molar-refractivity contribution in [2.45, 2.75) is 77.2 Å². The molecule has 84 valence electrons. The molecule has 0 aromatic rings. The van der Waals surface area contributed by atoms with E-state index in [-0.39, 0.29) is 0 Å². The molecule has 2 radical (unpaired) electrons. The summed E-state index contributed by atoms with van der Waals surface area (Å²) in [6, 6.07) is 1.23. The SMILES string of the molecule is CCCCCCCCCCCC[Si]Cl. The summed E-state index contributed by atoms with van der Waals surface area (Å²) in [6.45, 7) is 2.28. The minimum atomic E-state index is 0.642. The zero-order valence-electron chi connectivity index (χ0n) is 9.66. The van der Waals surface area contributed by atoms with Crippen molar-refractivity contribution < 1.29 is 0 Å². The molecule has 0 unspecified atom stereocenters. The van der Waals surface area contributed by atoms with Crippen LogP contribution in [0.4, 0.5) is 0 Å². The highest BCUT2D eigenvalue weighted by atomic mass is 35.6. The van der Waals surface area contributed by atoms with Crippen molar-refractivity contribution in [1.29, 1.82) is 0 Å². The predicted octanol–water partition coefficient (Wildman–Crippen LogP) is 5.18. The molecule has 0 amide bonds. The van der Waals surface area contributed by atoms with Crippen LogP contribution >= 0.6 is 11.1 Å². The van der Waals surface area contributed by atoms with Gasteiger partial charge in [-0.1, -0.05) is 71.1 Å². The van der Waals surface area contributed by atoms with Crippen LogP contribution in [0.25, 0.3) is 0 Å². The van der Waals surface area contributed by atoms with E-state index in [2.05, 4.69) is 6.92 Å². The third-order valence-electron chi connectivity index (χ3n) is 2.62. The Hall–Kier alpha value is 0.507. The van der Waals surface area contributed by atoms with Crippen LogP contribution in [0.5, 0.6) is 0 Å². The maximum absolute atomic E-state index is 5.64. The van der Waals surface area contributed by atoms with E-state index in [1.165, 1.54) is 70.3 Å². The lowest BCUT2D eigenvalue weighted by molar-refractivity contribution is 0.562. The first-order chi connectivity index (χ1) is 6.91. The quantitative estimate of drug-likeness (QED) is 0.262. The second-order valence-electron chi connectivity index (χ2n) is 4.07. The monoisotopic (exact) mass is 232 g/mol. The van der Waals surface area contributed by atoms with E-state index < -0.39 is 0 Å². The molecule has 0 saturated heterocycles. The maximum Gasteiger partial charge on any atom is 0.171 e. The van der Waals surface area contributed by atoms with Crippen LogP contribution in [0.3, 0.4) is 0 Å². The minimum Gasteiger partial charge on any atom is -0.171 e. The molecule has 0 rings (SSSR count). The van der Waals surface area contributed by atoms with Gasteiger partial charge in [0.2, 0.25) is 0 Å². The van der Waals surface area contributed by atoms with Gasteiger partial charge in [-0.2, -0.15) is 11.1 Å². The molecular formula is C12H25ClSi. The summed E-state index contributed by atoms with van der Waals surface area (Å²) in [7, 11) is 0.642. The van der Waals surface area contributed by atoms with Crippen molar-refractivity contribution in [3.05, 3.63) is 0 Å². The molecule has 0 saturated carbocycles. The molecule has 2 heteroatoms. The van der Waals surface area contributed by atoms with Crippen LogP contribution in [-0.2, 0) is 0 Å². The number of hydrogen-bond acceptors (Lipinski definition) is 0. The Kier molecular flexibility index (Phi) is 14.0. The average Bonchev–Trinajstić information content (AvgIpc) is 2.21. The smallest absolute Gasteiger partial charge is 0.171 e. The number of hydrogen-bond donors (Lipinski definition) is 0. The second-order valence-corrected chi connectivity index (χ2v) is 5.63. The zero-order valence-corrected chi connectivity index (χ0v) is 11.4. The number of unbranched alkanes of at least 4 members (excludes halogenated alkanes) is 9. The van der Waals surface area contributed by atoms with Gasteiger partial charge in [-0.25, -0.2) is 0 Å². The predicted molar refractivity (Wildman–Crippen MR) is 68.3 cm³/mol. The van der Waals surface area contributed by atoms with Crippen LogP contribution in [-0.4, -0.2) is 8.83 Å². The van der Waals surface area contributed by atoms with Crippen molar-refractivity contribution in [1.82, 2.24) is 0 Å². The first-order valence-corrected chi connectivity index (χ1v) is 8.47. The lowest BCUT2D eigenvalue weighted by Gasteiger charge is -2.01. The molecule has 0 heterocycles. The topological polar surface area (TPSA) is 0 Å². The minimum absolute atomic E-state index is 0.642. The van der Waals surface area contributed by atoms with Crippen LogP contribution in [0.1, 0.15) is 71.1 Å². The van der Waals surface area contributed by atoms with Crippen LogP contribution in [0.15, 0.2) is 0 Å². The molecule has 0 spiro atoms. The molecule has 0 aromatic heterocycles. The van der Waals surface area contributed by atoms with Gasteiger partial charge >= 0.3 is 0 Å². The summed E-state index contributed by atoms with van der Waals surface area (Å²) in [5.74, 6) is 0. The molecule has 0 fully saturated rings. The third kappa shape index (κ3) is 12.5. The molecule has 0 aliphatic rings. The first-order valence-electron chi connectivity index (χ1n) is 6.25. The Labute approximate surface area is 97.3 Å². The molecule has 0 aliphatic carbocycles. The van der Waals surface area contributed by atoms with E-state index in [1.807, 2.05) is 0 Å². The molecule has 0 aliphatic heterocycles. The Morgan fingerprint density at radius 3 is 1.57 bits per heavy atom. The Morgan fingerprint density at radius 2 is 1.14 bits per heavy atom. The van der Waals surface area contributed by atoms with E-state index in [4.69, 9.17) is 11.1 Å². The highest BCUT2D eigenvalue weighted by Gasteiger charge is 1.92. The second kappa shape index (κ2) is 13.5. The Balaban J connectivity index is 2.78. The van der Waals surface area contributed by atoms with Crippen molar-refractivity contribution >= 4 is 19.9 Å². The van der Waals surface area contributed by atoms with E-state index in [9.17, 15) is 0 Å². The fraction of sp³-hybridized carbons (Fsp3) is 1.00. The summed E-state index contributed by atoms with van der Waals surface area (Å²) < 4.78 is 0. The Morgan fingerprint density at radius 1 is 0.714 bits per heavy atom. The first kappa shape index (κ1) is 14.5. The average molecular weight is 233 g/mol. The van der Waals surface area contributed by atoms with E-state index in [1.54, 1.807) is 0 Å². The van der Waals surface area contributed by atoms with Crippen molar-refractivity contribution in [3.8, 4) is 0 Å². The zero-order chi connectivity index (χ0) is 10.5. The van der Waals surface area contributed by atoms with Crippen LogP contribution in [0.2, 0.25) is 6.04 Å². The van der Waals surface area contributed by atoms with Gasteiger partial charge in [0, 0.05) is 0 Å². The van der Waals surface area contributed by atoms with Crippen LogP contribution in [0, 0.1) is 0 Å². The molecule has 0 N–H and O–H groups in total. The fourth-order valence-corrected chi connectivity index (χ4v) is 2.46. The standard InChI is InChI=1S/C12H25ClSi/c1-2-3-4-5-6-7-8-9-10-11-12-14-13/h2-12H2,1H3. The lowest BCUT2D eigenvalue weighted by Crippen LogP contribution is -1.82. The molecule has 0 atom stereocenters.